The van der Waals surface area contributed by atoms with Gasteiger partial charge in [0.15, 0.2) is 0 Å². The Kier molecular flexibility index (Phi) is 9.54. The third-order valence-corrected chi connectivity index (χ3v) is 6.98. The standard InChI is InChI=1S/C34H32O7/c35-30-28(40-33(36)26-17-9-3-10-18-26)21-29(41-34(37)27-19-11-4-12-20-27)31(38-22-24-13-5-1-6-14-24)32(30)39-23-25-15-7-2-8-16-25/h1-20,28-32,35H,21-23H2/t28-,29-,30-,31+,32+/m1/s1. The molecule has 5 atom stereocenters. The van der Waals surface area contributed by atoms with Crippen LogP contribution in [-0.4, -0.2) is 47.6 Å². The van der Waals surface area contributed by atoms with Crippen molar-refractivity contribution < 1.29 is 33.6 Å². The second-order valence-corrected chi connectivity index (χ2v) is 9.87. The quantitative estimate of drug-likeness (QED) is 0.265. The highest BCUT2D eigenvalue weighted by Crippen LogP contribution is 2.32. The van der Waals surface area contributed by atoms with Crippen LogP contribution in [0, 0.1) is 0 Å². The van der Waals surface area contributed by atoms with Gasteiger partial charge in [0.1, 0.15) is 30.5 Å². The van der Waals surface area contributed by atoms with Crippen molar-refractivity contribution in [3.05, 3.63) is 144 Å². The molecule has 1 saturated carbocycles. The third-order valence-electron chi connectivity index (χ3n) is 6.98. The van der Waals surface area contributed by atoms with Gasteiger partial charge in [-0.2, -0.15) is 0 Å². The van der Waals surface area contributed by atoms with E-state index in [1.54, 1.807) is 54.6 Å². The van der Waals surface area contributed by atoms with Gasteiger partial charge < -0.3 is 24.1 Å². The smallest absolute Gasteiger partial charge is 0.338 e. The van der Waals surface area contributed by atoms with Gasteiger partial charge in [-0.3, -0.25) is 0 Å². The highest BCUT2D eigenvalue weighted by Gasteiger charge is 2.49. The highest BCUT2D eigenvalue weighted by atomic mass is 16.6. The molecule has 1 aliphatic rings. The van der Waals surface area contributed by atoms with Crippen molar-refractivity contribution in [2.75, 3.05) is 0 Å². The van der Waals surface area contributed by atoms with Gasteiger partial charge in [0.25, 0.3) is 0 Å². The van der Waals surface area contributed by atoms with Crippen LogP contribution < -0.4 is 0 Å². The van der Waals surface area contributed by atoms with E-state index in [0.29, 0.717) is 11.1 Å². The summed E-state index contributed by atoms with van der Waals surface area (Å²) in [7, 11) is 0. The Hall–Kier alpha value is -4.30. The van der Waals surface area contributed by atoms with E-state index in [1.807, 2.05) is 66.7 Å². The highest BCUT2D eigenvalue weighted by molar-refractivity contribution is 5.90. The van der Waals surface area contributed by atoms with Gasteiger partial charge >= 0.3 is 11.9 Å². The van der Waals surface area contributed by atoms with Gasteiger partial charge in [-0.05, 0) is 35.4 Å². The number of hydrogen-bond donors (Lipinski definition) is 1. The minimum atomic E-state index is -1.24. The van der Waals surface area contributed by atoms with Crippen LogP contribution in [0.2, 0.25) is 0 Å². The zero-order valence-electron chi connectivity index (χ0n) is 22.5. The molecule has 4 aromatic carbocycles. The van der Waals surface area contributed by atoms with Crippen molar-refractivity contribution in [2.24, 2.45) is 0 Å². The number of aliphatic hydroxyl groups is 1. The molecule has 41 heavy (non-hydrogen) atoms. The Bertz CT molecular complexity index is 1380. The lowest BCUT2D eigenvalue weighted by molar-refractivity contribution is -0.216. The molecular formula is C34H32O7. The lowest BCUT2D eigenvalue weighted by Gasteiger charge is -2.43. The lowest BCUT2D eigenvalue weighted by atomic mass is 9.86. The summed E-state index contributed by atoms with van der Waals surface area (Å²) in [6.45, 7) is 0.379. The molecule has 0 heterocycles. The molecule has 0 aromatic heterocycles. The average Bonchev–Trinajstić information content (AvgIpc) is 3.03. The minimum absolute atomic E-state index is 0.0307. The second kappa shape index (κ2) is 13.9. The SMILES string of the molecule is O=C(O[C@@H]1C[C@@H](OC(=O)c2ccccc2)[C@H](OCc2ccccc2)[C@@H](OCc2ccccc2)[C@@H]1O)c1ccccc1. The van der Waals surface area contributed by atoms with Crippen molar-refractivity contribution >= 4 is 11.9 Å². The minimum Gasteiger partial charge on any atom is -0.456 e. The molecule has 210 valence electrons. The number of rotatable bonds is 10. The van der Waals surface area contributed by atoms with E-state index in [9.17, 15) is 14.7 Å². The molecule has 7 nitrogen and oxygen atoms in total. The predicted molar refractivity (Wildman–Crippen MR) is 152 cm³/mol. The van der Waals surface area contributed by atoms with E-state index in [4.69, 9.17) is 18.9 Å². The predicted octanol–water partition coefficient (Wildman–Crippen LogP) is 5.37. The first-order chi connectivity index (χ1) is 20.1. The molecule has 7 heteroatoms. The molecule has 1 aliphatic carbocycles. The van der Waals surface area contributed by atoms with Crippen LogP contribution in [0.1, 0.15) is 38.3 Å². The first-order valence-electron chi connectivity index (χ1n) is 13.6. The molecular weight excluding hydrogens is 520 g/mol. The molecule has 4 aromatic rings. The van der Waals surface area contributed by atoms with Crippen LogP contribution >= 0.6 is 0 Å². The summed E-state index contributed by atoms with van der Waals surface area (Å²) < 4.78 is 24.3. The first kappa shape index (κ1) is 28.2. The Morgan fingerprint density at radius 3 is 1.41 bits per heavy atom. The number of carbonyl (C=O) groups excluding carboxylic acids is 2. The fraction of sp³-hybridized carbons (Fsp3) is 0.235. The average molecular weight is 553 g/mol. The molecule has 0 amide bonds. The Labute approximate surface area is 239 Å². The fourth-order valence-corrected chi connectivity index (χ4v) is 4.84. The summed E-state index contributed by atoms with van der Waals surface area (Å²) in [6.07, 6.45) is -4.89. The van der Waals surface area contributed by atoms with E-state index in [1.165, 1.54) is 0 Å². The molecule has 5 rings (SSSR count). The van der Waals surface area contributed by atoms with Gasteiger partial charge in [0.2, 0.25) is 0 Å². The normalized spacial score (nSPS) is 22.0. The molecule has 0 unspecified atom stereocenters. The van der Waals surface area contributed by atoms with Crippen molar-refractivity contribution in [1.29, 1.82) is 0 Å². The van der Waals surface area contributed by atoms with Gasteiger partial charge in [-0.25, -0.2) is 9.59 Å². The number of aliphatic hydroxyl groups excluding tert-OH is 1. The zero-order valence-corrected chi connectivity index (χ0v) is 22.5. The maximum Gasteiger partial charge on any atom is 0.338 e. The van der Waals surface area contributed by atoms with Crippen LogP contribution in [0.25, 0.3) is 0 Å². The number of ether oxygens (including phenoxy) is 4. The fourth-order valence-electron chi connectivity index (χ4n) is 4.84. The van der Waals surface area contributed by atoms with E-state index in [-0.39, 0.29) is 19.6 Å². The lowest BCUT2D eigenvalue weighted by Crippen LogP contribution is -2.59. The number of carbonyl (C=O) groups is 2. The largest absolute Gasteiger partial charge is 0.456 e. The number of hydrogen-bond acceptors (Lipinski definition) is 7. The van der Waals surface area contributed by atoms with Crippen LogP contribution in [0.4, 0.5) is 0 Å². The van der Waals surface area contributed by atoms with E-state index >= 15 is 0 Å². The molecule has 1 N–H and O–H groups in total. The van der Waals surface area contributed by atoms with Crippen LogP contribution in [0.5, 0.6) is 0 Å². The maximum absolute atomic E-state index is 13.2. The molecule has 1 fully saturated rings. The number of esters is 2. The molecule has 0 spiro atoms. The van der Waals surface area contributed by atoms with Crippen LogP contribution in [-0.2, 0) is 32.2 Å². The summed E-state index contributed by atoms with van der Waals surface area (Å²) in [5, 5.41) is 11.5. The summed E-state index contributed by atoms with van der Waals surface area (Å²) in [5.74, 6) is -1.14. The second-order valence-electron chi connectivity index (χ2n) is 9.87. The zero-order chi connectivity index (χ0) is 28.4. The van der Waals surface area contributed by atoms with E-state index in [0.717, 1.165) is 11.1 Å². The van der Waals surface area contributed by atoms with Gasteiger partial charge in [0, 0.05) is 6.42 Å². The van der Waals surface area contributed by atoms with Gasteiger partial charge in [-0.1, -0.05) is 97.1 Å². The van der Waals surface area contributed by atoms with Gasteiger partial charge in [0.05, 0.1) is 24.3 Å². The monoisotopic (exact) mass is 552 g/mol. The third kappa shape index (κ3) is 7.46. The summed E-state index contributed by atoms with van der Waals surface area (Å²) in [6, 6.07) is 36.3. The van der Waals surface area contributed by atoms with Crippen LogP contribution in [0.3, 0.4) is 0 Å². The van der Waals surface area contributed by atoms with Crippen molar-refractivity contribution in [3.8, 4) is 0 Å². The molecule has 0 radical (unpaired) electrons. The molecule has 0 bridgehead atoms. The van der Waals surface area contributed by atoms with Crippen molar-refractivity contribution in [1.82, 2.24) is 0 Å². The Morgan fingerprint density at radius 2 is 0.951 bits per heavy atom. The van der Waals surface area contributed by atoms with Crippen molar-refractivity contribution in [3.63, 3.8) is 0 Å². The maximum atomic E-state index is 13.2. The number of benzene rings is 4. The summed E-state index contributed by atoms with van der Waals surface area (Å²) in [5.41, 5.74) is 2.53. The van der Waals surface area contributed by atoms with E-state index in [2.05, 4.69) is 0 Å². The molecule has 0 saturated heterocycles. The Balaban J connectivity index is 1.43. The Morgan fingerprint density at radius 1 is 0.561 bits per heavy atom. The van der Waals surface area contributed by atoms with E-state index < -0.39 is 42.5 Å². The summed E-state index contributed by atoms with van der Waals surface area (Å²) >= 11 is 0. The topological polar surface area (TPSA) is 91.3 Å². The van der Waals surface area contributed by atoms with Gasteiger partial charge in [-0.15, -0.1) is 0 Å². The van der Waals surface area contributed by atoms with Crippen molar-refractivity contribution in [2.45, 2.75) is 50.2 Å². The van der Waals surface area contributed by atoms with Crippen LogP contribution in [0.15, 0.2) is 121 Å². The molecule has 0 aliphatic heterocycles. The summed E-state index contributed by atoms with van der Waals surface area (Å²) in [4.78, 5) is 26.1. The first-order valence-corrected chi connectivity index (χ1v) is 13.6.